The quantitative estimate of drug-likeness (QED) is 0.523. The van der Waals surface area contributed by atoms with Crippen molar-refractivity contribution < 1.29 is 8.42 Å². The number of likely N-dealkylation sites (tertiary alicyclic amines) is 1. The summed E-state index contributed by atoms with van der Waals surface area (Å²) in [5.41, 5.74) is 4.78. The number of aromatic amines is 1. The van der Waals surface area contributed by atoms with Crippen LogP contribution < -0.4 is 10.0 Å². The second-order valence-electron chi connectivity index (χ2n) is 8.43. The van der Waals surface area contributed by atoms with E-state index in [-0.39, 0.29) is 0 Å². The van der Waals surface area contributed by atoms with E-state index < -0.39 is 10.2 Å². The Labute approximate surface area is 183 Å². The Kier molecular flexibility index (Phi) is 6.17. The Hall–Kier alpha value is -2.62. The lowest BCUT2D eigenvalue weighted by Crippen LogP contribution is -2.41. The van der Waals surface area contributed by atoms with Crippen molar-refractivity contribution >= 4 is 32.5 Å². The highest BCUT2D eigenvalue weighted by Crippen LogP contribution is 2.23. The van der Waals surface area contributed by atoms with Gasteiger partial charge in [-0.3, -0.25) is 14.7 Å². The predicted octanol–water partition coefficient (Wildman–Crippen LogP) is 3.17. The first-order valence-electron chi connectivity index (χ1n) is 10.5. The second kappa shape index (κ2) is 8.86. The van der Waals surface area contributed by atoms with Crippen molar-refractivity contribution in [3.8, 4) is 0 Å². The Bertz CT molecular complexity index is 1160. The van der Waals surface area contributed by atoms with Gasteiger partial charge in [-0.15, -0.1) is 0 Å². The number of aryl methyl sites for hydroxylation is 1. The maximum absolute atomic E-state index is 12.2. The van der Waals surface area contributed by atoms with E-state index in [2.05, 4.69) is 43.3 Å². The van der Waals surface area contributed by atoms with Gasteiger partial charge in [0.2, 0.25) is 0 Å². The average Bonchev–Trinajstić information content (AvgIpc) is 3.18. The number of hydrogen-bond donors (Lipinski definition) is 3. The van der Waals surface area contributed by atoms with E-state index in [0.717, 1.165) is 60.2 Å². The lowest BCUT2D eigenvalue weighted by Gasteiger charge is -2.34. The molecule has 0 bridgehead atoms. The van der Waals surface area contributed by atoms with Gasteiger partial charge in [0.25, 0.3) is 0 Å². The lowest BCUT2D eigenvalue weighted by atomic mass is 10.0. The predicted molar refractivity (Wildman–Crippen MR) is 125 cm³/mol. The van der Waals surface area contributed by atoms with Crippen LogP contribution >= 0.6 is 0 Å². The van der Waals surface area contributed by atoms with Gasteiger partial charge in [0.05, 0.1) is 17.4 Å². The molecule has 2 aromatic carbocycles. The van der Waals surface area contributed by atoms with Crippen LogP contribution in [-0.2, 0) is 16.8 Å². The van der Waals surface area contributed by atoms with Crippen LogP contribution in [-0.4, -0.2) is 61.0 Å². The molecule has 1 fully saturated rings. The highest BCUT2D eigenvalue weighted by molar-refractivity contribution is 7.90. The molecule has 1 atom stereocenters. The number of rotatable bonds is 7. The third-order valence-electron chi connectivity index (χ3n) is 5.74. The molecule has 31 heavy (non-hydrogen) atoms. The number of hydrogen-bond acceptors (Lipinski definition) is 5. The molecule has 0 amide bonds. The van der Waals surface area contributed by atoms with Crippen LogP contribution in [0.4, 0.5) is 11.4 Å². The van der Waals surface area contributed by atoms with Crippen LogP contribution in [0.2, 0.25) is 0 Å². The van der Waals surface area contributed by atoms with Crippen molar-refractivity contribution in [2.45, 2.75) is 32.4 Å². The molecule has 4 rings (SSSR count). The summed E-state index contributed by atoms with van der Waals surface area (Å²) in [5, 5.41) is 11.8. The van der Waals surface area contributed by atoms with E-state index in [1.165, 1.54) is 18.4 Å². The maximum Gasteiger partial charge on any atom is 0.301 e. The first-order chi connectivity index (χ1) is 14.8. The zero-order valence-corrected chi connectivity index (χ0v) is 19.0. The molecule has 3 N–H and O–H groups in total. The van der Waals surface area contributed by atoms with Crippen LogP contribution in [0.15, 0.2) is 42.6 Å². The van der Waals surface area contributed by atoms with Gasteiger partial charge in [0.1, 0.15) is 0 Å². The van der Waals surface area contributed by atoms with Crippen molar-refractivity contribution in [2.75, 3.05) is 37.2 Å². The molecule has 0 aliphatic carbocycles. The van der Waals surface area contributed by atoms with Gasteiger partial charge in [-0.2, -0.15) is 17.8 Å². The van der Waals surface area contributed by atoms with Crippen LogP contribution in [0.3, 0.4) is 0 Å². The van der Waals surface area contributed by atoms with Gasteiger partial charge < -0.3 is 5.32 Å². The molecule has 0 radical (unpaired) electrons. The minimum Gasteiger partial charge on any atom is -0.381 e. The zero-order valence-electron chi connectivity index (χ0n) is 18.2. The van der Waals surface area contributed by atoms with E-state index in [4.69, 9.17) is 0 Å². The number of piperidine rings is 1. The highest BCUT2D eigenvalue weighted by Gasteiger charge is 2.21. The van der Waals surface area contributed by atoms with Gasteiger partial charge in [-0.1, -0.05) is 12.1 Å². The number of nitrogens with zero attached hydrogens (tertiary/aromatic N) is 3. The monoisotopic (exact) mass is 442 g/mol. The molecule has 1 aliphatic heterocycles. The molecule has 0 unspecified atom stereocenters. The normalized spacial score (nSPS) is 17.9. The van der Waals surface area contributed by atoms with Gasteiger partial charge >= 0.3 is 10.2 Å². The first-order valence-corrected chi connectivity index (χ1v) is 12.0. The minimum absolute atomic E-state index is 0.371. The van der Waals surface area contributed by atoms with Gasteiger partial charge in [-0.05, 0) is 61.7 Å². The summed E-state index contributed by atoms with van der Waals surface area (Å²) in [6.45, 7) is 4.67. The molecule has 166 valence electrons. The lowest BCUT2D eigenvalue weighted by molar-refractivity contribution is 0.208. The summed E-state index contributed by atoms with van der Waals surface area (Å²) >= 11 is 0. The standard InChI is InChI=1S/C22H30N6O2S/c1-16-6-7-17(11-22(16)26-31(29,30)27(2)3)14-28-10-4-5-20(15-28)24-19-8-9-21-18(12-19)13-23-25-21/h6-9,11-13,20,24,26H,4-5,10,14-15H2,1-3H3,(H,23,25)/t20-/m0/s1. The molecule has 3 aromatic rings. The molecule has 0 spiro atoms. The molecular formula is C22H30N6O2S. The zero-order chi connectivity index (χ0) is 22.0. The smallest absolute Gasteiger partial charge is 0.301 e. The highest BCUT2D eigenvalue weighted by atomic mass is 32.2. The molecule has 1 aliphatic rings. The van der Waals surface area contributed by atoms with Crippen LogP contribution in [0.25, 0.3) is 10.9 Å². The minimum atomic E-state index is -3.53. The fourth-order valence-corrected chi connectivity index (χ4v) is 4.63. The third-order valence-corrected chi connectivity index (χ3v) is 7.18. The molecule has 2 heterocycles. The van der Waals surface area contributed by atoms with E-state index in [1.54, 1.807) is 0 Å². The molecular weight excluding hydrogens is 412 g/mol. The maximum atomic E-state index is 12.2. The van der Waals surface area contributed by atoms with Gasteiger partial charge in [-0.25, -0.2) is 0 Å². The number of benzene rings is 2. The number of aromatic nitrogens is 2. The summed E-state index contributed by atoms with van der Waals surface area (Å²) in [7, 11) is -0.484. The number of nitrogens with one attached hydrogen (secondary N) is 3. The van der Waals surface area contributed by atoms with Crippen molar-refractivity contribution in [1.82, 2.24) is 19.4 Å². The van der Waals surface area contributed by atoms with Crippen molar-refractivity contribution in [2.24, 2.45) is 0 Å². The van der Waals surface area contributed by atoms with Crippen molar-refractivity contribution in [1.29, 1.82) is 0 Å². The molecule has 0 saturated carbocycles. The summed E-state index contributed by atoms with van der Waals surface area (Å²) in [6.07, 6.45) is 4.09. The first kappa shape index (κ1) is 21.6. The third kappa shape index (κ3) is 5.17. The SMILES string of the molecule is Cc1ccc(CN2CCC[C@H](Nc3ccc4[nH]ncc4c3)C2)cc1NS(=O)(=O)N(C)C. The summed E-state index contributed by atoms with van der Waals surface area (Å²) in [4.78, 5) is 2.42. The van der Waals surface area contributed by atoms with Crippen molar-refractivity contribution in [3.05, 3.63) is 53.7 Å². The Balaban J connectivity index is 1.41. The van der Waals surface area contributed by atoms with E-state index in [1.807, 2.05) is 31.3 Å². The fraction of sp³-hybridized carbons (Fsp3) is 0.409. The van der Waals surface area contributed by atoms with Gasteiger partial charge in [0, 0.05) is 44.3 Å². The van der Waals surface area contributed by atoms with Gasteiger partial charge in [0.15, 0.2) is 0 Å². The van der Waals surface area contributed by atoms with Crippen molar-refractivity contribution in [3.63, 3.8) is 0 Å². The Morgan fingerprint density at radius 3 is 2.87 bits per heavy atom. The Morgan fingerprint density at radius 1 is 1.23 bits per heavy atom. The number of H-pyrrole nitrogens is 1. The fourth-order valence-electron chi connectivity index (χ4n) is 3.95. The van der Waals surface area contributed by atoms with E-state index >= 15 is 0 Å². The molecule has 1 aromatic heterocycles. The summed E-state index contributed by atoms with van der Waals surface area (Å²) in [5.74, 6) is 0. The number of anilines is 2. The average molecular weight is 443 g/mol. The van der Waals surface area contributed by atoms with E-state index in [9.17, 15) is 8.42 Å². The van der Waals surface area contributed by atoms with Crippen LogP contribution in [0.5, 0.6) is 0 Å². The largest absolute Gasteiger partial charge is 0.381 e. The van der Waals surface area contributed by atoms with Crippen LogP contribution in [0, 0.1) is 6.92 Å². The summed E-state index contributed by atoms with van der Waals surface area (Å²) in [6, 6.07) is 12.6. The summed E-state index contributed by atoms with van der Waals surface area (Å²) < 4.78 is 28.3. The molecule has 8 nitrogen and oxygen atoms in total. The van der Waals surface area contributed by atoms with Crippen LogP contribution in [0.1, 0.15) is 24.0 Å². The topological polar surface area (TPSA) is 93.4 Å². The molecule has 9 heteroatoms. The second-order valence-corrected chi connectivity index (χ2v) is 10.3. The van der Waals surface area contributed by atoms with E-state index in [0.29, 0.717) is 11.7 Å². The molecule has 1 saturated heterocycles. The number of fused-ring (bicyclic) bond motifs is 1. The Morgan fingerprint density at radius 2 is 2.06 bits per heavy atom.